The van der Waals surface area contributed by atoms with Crippen LogP contribution in [0.2, 0.25) is 5.02 Å². The van der Waals surface area contributed by atoms with Gasteiger partial charge in [-0.1, -0.05) is 24.6 Å². The minimum Gasteiger partial charge on any atom is -0.491 e. The first-order valence-corrected chi connectivity index (χ1v) is 9.94. The fourth-order valence-electron chi connectivity index (χ4n) is 3.20. The summed E-state index contributed by atoms with van der Waals surface area (Å²) in [5, 5.41) is -1.22. The van der Waals surface area contributed by atoms with Crippen molar-refractivity contribution < 1.29 is 27.1 Å². The van der Waals surface area contributed by atoms with Gasteiger partial charge in [0.15, 0.2) is 23.3 Å². The van der Waals surface area contributed by atoms with E-state index >= 15 is 0 Å². The van der Waals surface area contributed by atoms with E-state index in [0.29, 0.717) is 11.3 Å². The second-order valence-corrected chi connectivity index (χ2v) is 7.44. The summed E-state index contributed by atoms with van der Waals surface area (Å²) in [5.74, 6) is -6.06. The molecular weight excluding hydrogens is 424 g/mol. The predicted octanol–water partition coefficient (Wildman–Crippen LogP) is 5.04. The molecule has 0 aliphatic carbocycles. The highest BCUT2D eigenvalue weighted by molar-refractivity contribution is 6.31. The Bertz CT molecular complexity index is 920. The van der Waals surface area contributed by atoms with Gasteiger partial charge in [0.25, 0.3) is 5.91 Å². The summed E-state index contributed by atoms with van der Waals surface area (Å²) in [6.45, 7) is 4.17. The summed E-state index contributed by atoms with van der Waals surface area (Å²) in [7, 11) is 0. The van der Waals surface area contributed by atoms with Gasteiger partial charge in [0, 0.05) is 31.7 Å². The van der Waals surface area contributed by atoms with Crippen LogP contribution in [-0.4, -0.2) is 43.1 Å². The van der Waals surface area contributed by atoms with Crippen molar-refractivity contribution in [3.05, 3.63) is 58.1 Å². The Labute approximate surface area is 177 Å². The molecule has 1 fully saturated rings. The lowest BCUT2D eigenvalue weighted by Gasteiger charge is -2.36. The Morgan fingerprint density at radius 3 is 2.23 bits per heavy atom. The molecule has 2 aromatic rings. The van der Waals surface area contributed by atoms with Crippen LogP contribution in [0.3, 0.4) is 0 Å². The molecule has 0 unspecified atom stereocenters. The number of rotatable bonds is 5. The molecule has 0 spiro atoms. The van der Waals surface area contributed by atoms with Crippen LogP contribution in [0.5, 0.6) is 5.75 Å². The van der Waals surface area contributed by atoms with E-state index in [4.69, 9.17) is 16.3 Å². The van der Waals surface area contributed by atoms with Crippen LogP contribution in [0.1, 0.15) is 30.6 Å². The Morgan fingerprint density at radius 2 is 1.67 bits per heavy atom. The number of hydrogen-bond acceptors (Lipinski definition) is 3. The number of anilines is 1. The van der Waals surface area contributed by atoms with Gasteiger partial charge in [-0.15, -0.1) is 0 Å². The fraction of sp³-hybridized carbons (Fsp3) is 0.381. The number of amides is 1. The predicted molar refractivity (Wildman–Crippen MR) is 106 cm³/mol. The first-order chi connectivity index (χ1) is 14.2. The molecule has 4 nitrogen and oxygen atoms in total. The maximum atomic E-state index is 14.2. The van der Waals surface area contributed by atoms with Crippen molar-refractivity contribution in [2.24, 2.45) is 0 Å². The summed E-state index contributed by atoms with van der Waals surface area (Å²) in [4.78, 5) is 15.5. The van der Waals surface area contributed by atoms with Gasteiger partial charge in [-0.3, -0.25) is 4.79 Å². The van der Waals surface area contributed by atoms with E-state index in [1.54, 1.807) is 24.3 Å². The van der Waals surface area contributed by atoms with E-state index in [1.165, 1.54) is 9.80 Å². The molecule has 0 radical (unpaired) electrons. The Kier molecular flexibility index (Phi) is 6.75. The third kappa shape index (κ3) is 4.33. The Balaban J connectivity index is 1.72. The highest BCUT2D eigenvalue weighted by Gasteiger charge is 2.31. The molecule has 2 aromatic carbocycles. The van der Waals surface area contributed by atoms with Crippen LogP contribution in [0, 0.1) is 23.3 Å². The van der Waals surface area contributed by atoms with Gasteiger partial charge in [-0.2, -0.15) is 0 Å². The lowest BCUT2D eigenvalue weighted by atomic mass is 10.1. The van der Waals surface area contributed by atoms with E-state index in [-0.39, 0.29) is 38.2 Å². The zero-order valence-electron chi connectivity index (χ0n) is 16.5. The van der Waals surface area contributed by atoms with Crippen LogP contribution in [0.15, 0.2) is 24.3 Å². The van der Waals surface area contributed by atoms with Crippen molar-refractivity contribution >= 4 is 23.2 Å². The smallest absolute Gasteiger partial charge is 0.254 e. The number of benzene rings is 2. The third-order valence-electron chi connectivity index (χ3n) is 5.06. The fourth-order valence-corrected chi connectivity index (χ4v) is 3.37. The first-order valence-electron chi connectivity index (χ1n) is 9.57. The standard InChI is InChI=1S/C21H21ClF4N2O2/c1-3-12(2)30-14-6-4-5-13(11-14)21(29)28-9-7-27(8-10-28)20-18(25)16(23)15(22)17(24)19(20)26/h4-6,11-12H,3,7-10H2,1-2H3/t12-/m0/s1. The zero-order chi connectivity index (χ0) is 22.0. The molecule has 1 atom stereocenters. The molecule has 3 rings (SSSR count). The minimum absolute atomic E-state index is 0.00313. The molecular formula is C21H21ClF4N2O2. The van der Waals surface area contributed by atoms with E-state index in [9.17, 15) is 22.4 Å². The molecule has 1 aliphatic heterocycles. The molecule has 0 saturated carbocycles. The molecule has 1 heterocycles. The number of piperazine rings is 1. The first kappa shape index (κ1) is 22.2. The normalized spacial score (nSPS) is 15.3. The van der Waals surface area contributed by atoms with Crippen LogP contribution in [0.4, 0.5) is 23.2 Å². The van der Waals surface area contributed by atoms with Crippen molar-refractivity contribution in [2.75, 3.05) is 31.1 Å². The molecule has 162 valence electrons. The molecule has 0 aromatic heterocycles. The molecule has 0 N–H and O–H groups in total. The lowest BCUT2D eigenvalue weighted by molar-refractivity contribution is 0.0745. The summed E-state index contributed by atoms with van der Waals surface area (Å²) in [6.07, 6.45) is 0.822. The Hall–Kier alpha value is -2.48. The molecule has 9 heteroatoms. The Morgan fingerprint density at radius 1 is 1.07 bits per heavy atom. The third-order valence-corrected chi connectivity index (χ3v) is 5.39. The van der Waals surface area contributed by atoms with Gasteiger partial charge in [0.05, 0.1) is 6.10 Å². The van der Waals surface area contributed by atoms with Gasteiger partial charge in [0.1, 0.15) is 16.5 Å². The number of carbonyl (C=O) groups is 1. The van der Waals surface area contributed by atoms with Gasteiger partial charge in [-0.05, 0) is 31.5 Å². The summed E-state index contributed by atoms with van der Waals surface area (Å²) >= 11 is 5.27. The monoisotopic (exact) mass is 444 g/mol. The van der Waals surface area contributed by atoms with E-state index in [0.717, 1.165) is 6.42 Å². The second-order valence-electron chi connectivity index (χ2n) is 7.06. The number of ether oxygens (including phenoxy) is 1. The van der Waals surface area contributed by atoms with E-state index < -0.39 is 34.0 Å². The van der Waals surface area contributed by atoms with Gasteiger partial charge in [0.2, 0.25) is 0 Å². The van der Waals surface area contributed by atoms with E-state index in [2.05, 4.69) is 0 Å². The maximum absolute atomic E-state index is 14.2. The zero-order valence-corrected chi connectivity index (χ0v) is 17.3. The van der Waals surface area contributed by atoms with Gasteiger partial charge >= 0.3 is 0 Å². The minimum atomic E-state index is -1.64. The SMILES string of the molecule is CC[C@H](C)Oc1cccc(C(=O)N2CCN(c3c(F)c(F)c(Cl)c(F)c3F)CC2)c1. The van der Waals surface area contributed by atoms with E-state index in [1.807, 2.05) is 13.8 Å². The number of halogens is 5. The van der Waals surface area contributed by atoms with Crippen molar-refractivity contribution in [1.82, 2.24) is 4.90 Å². The molecule has 1 aliphatic rings. The molecule has 0 bridgehead atoms. The van der Waals surface area contributed by atoms with Crippen molar-refractivity contribution in [2.45, 2.75) is 26.4 Å². The highest BCUT2D eigenvalue weighted by Crippen LogP contribution is 2.34. The maximum Gasteiger partial charge on any atom is 0.254 e. The average molecular weight is 445 g/mol. The quantitative estimate of drug-likeness (QED) is 0.368. The molecule has 1 amide bonds. The van der Waals surface area contributed by atoms with Crippen molar-refractivity contribution in [1.29, 1.82) is 0 Å². The molecule has 1 saturated heterocycles. The van der Waals surface area contributed by atoms with Crippen molar-refractivity contribution in [3.63, 3.8) is 0 Å². The largest absolute Gasteiger partial charge is 0.491 e. The average Bonchev–Trinajstić information content (AvgIpc) is 2.76. The molecule has 30 heavy (non-hydrogen) atoms. The van der Waals surface area contributed by atoms with Crippen LogP contribution < -0.4 is 9.64 Å². The lowest BCUT2D eigenvalue weighted by Crippen LogP contribution is -2.49. The number of carbonyl (C=O) groups excluding carboxylic acids is 1. The van der Waals surface area contributed by atoms with Crippen molar-refractivity contribution in [3.8, 4) is 5.75 Å². The van der Waals surface area contributed by atoms with Gasteiger partial charge < -0.3 is 14.5 Å². The van der Waals surface area contributed by atoms with Crippen LogP contribution in [-0.2, 0) is 0 Å². The number of hydrogen-bond donors (Lipinski definition) is 0. The summed E-state index contributed by atoms with van der Waals surface area (Å²) in [6, 6.07) is 6.77. The number of nitrogens with zero attached hydrogens (tertiary/aromatic N) is 2. The highest BCUT2D eigenvalue weighted by atomic mass is 35.5. The summed E-state index contributed by atoms with van der Waals surface area (Å²) < 4.78 is 61.6. The summed E-state index contributed by atoms with van der Waals surface area (Å²) in [5.41, 5.74) is -0.393. The topological polar surface area (TPSA) is 32.8 Å². The van der Waals surface area contributed by atoms with Gasteiger partial charge in [-0.25, -0.2) is 17.6 Å². The second kappa shape index (κ2) is 9.12. The van der Waals surface area contributed by atoms with Crippen LogP contribution in [0.25, 0.3) is 0 Å². The van der Waals surface area contributed by atoms with Crippen LogP contribution >= 0.6 is 11.6 Å².